The molecule has 0 aliphatic heterocycles. The van der Waals surface area contributed by atoms with Crippen molar-refractivity contribution < 1.29 is 7.48 Å². The van der Waals surface area contributed by atoms with Crippen molar-refractivity contribution in [3.8, 4) is 17.2 Å². The Hall–Kier alpha value is -2.46. The summed E-state index contributed by atoms with van der Waals surface area (Å²) in [4.78, 5) is 0. The van der Waals surface area contributed by atoms with Gasteiger partial charge in [0.2, 0.25) is 0 Å². The molecule has 0 spiro atoms. The van der Waals surface area contributed by atoms with E-state index in [2.05, 4.69) is 36.8 Å². The van der Waals surface area contributed by atoms with E-state index in [-0.39, 0.29) is 0 Å². The molecule has 0 N–H and O–H groups in total. The Labute approximate surface area is 168 Å². The third-order valence-electron chi connectivity index (χ3n) is 3.84. The van der Waals surface area contributed by atoms with Crippen LogP contribution in [0.25, 0.3) is 11.6 Å². The Kier molecular flexibility index (Phi) is 6.65. The molecule has 1 nitrogen and oxygen atoms in total. The van der Waals surface area contributed by atoms with Crippen LogP contribution < -0.4 is 4.74 Å². The average Bonchev–Trinajstić information content (AvgIpc) is 2.67. The van der Waals surface area contributed by atoms with E-state index in [0.717, 1.165) is 28.9 Å². The Bertz CT molecular complexity index is 951. The fourth-order valence-corrected chi connectivity index (χ4v) is 2.90. The van der Waals surface area contributed by atoms with Gasteiger partial charge in [-0.2, -0.15) is 0 Å². The minimum Gasteiger partial charge on any atom is -0.497 e. The second-order valence-corrected chi connectivity index (χ2v) is 12.2. The fraction of sp³-hybridized carbons (Fsp3) is 0.320. The molecule has 0 aromatic heterocycles. The summed E-state index contributed by atoms with van der Waals surface area (Å²) in [6.07, 6.45) is 1.58. The molecule has 2 rings (SSSR count). The Morgan fingerprint density at radius 3 is 2.44 bits per heavy atom. The molecule has 2 aromatic rings. The number of benzene rings is 2. The predicted molar refractivity (Wildman–Crippen MR) is 121 cm³/mol. The van der Waals surface area contributed by atoms with Crippen molar-refractivity contribution in [2.24, 2.45) is 0 Å². The van der Waals surface area contributed by atoms with Crippen molar-refractivity contribution in [2.75, 3.05) is 7.11 Å². The van der Waals surface area contributed by atoms with Crippen LogP contribution in [0.1, 0.15) is 45.6 Å². The molecule has 0 saturated heterocycles. The van der Waals surface area contributed by atoms with Gasteiger partial charge in [-0.1, -0.05) is 69.2 Å². The molecule has 0 radical (unpaired) electrons. The minimum atomic E-state index is -1.48. The van der Waals surface area contributed by atoms with Gasteiger partial charge in [-0.15, -0.1) is 11.3 Å². The lowest BCUT2D eigenvalue weighted by Gasteiger charge is -2.06. The number of hydrogen-bond acceptors (Lipinski definition) is 1. The van der Waals surface area contributed by atoms with Crippen molar-refractivity contribution in [3.05, 3.63) is 71.0 Å². The zero-order valence-corrected chi connectivity index (χ0v) is 18.0. The average molecular weight is 377 g/mol. The topological polar surface area (TPSA) is 9.23 Å². The van der Waals surface area contributed by atoms with Crippen LogP contribution in [0.2, 0.25) is 19.6 Å². The van der Waals surface area contributed by atoms with E-state index >= 15 is 0 Å². The third-order valence-corrected chi connectivity index (χ3v) is 4.71. The van der Waals surface area contributed by atoms with Crippen LogP contribution in [0.3, 0.4) is 0 Å². The van der Waals surface area contributed by atoms with E-state index in [0.29, 0.717) is 12.0 Å². The van der Waals surface area contributed by atoms with Gasteiger partial charge in [0.25, 0.3) is 0 Å². The highest BCUT2D eigenvalue weighted by Crippen LogP contribution is 2.23. The molecule has 0 bridgehead atoms. The smallest absolute Gasteiger partial charge is 0.129 e. The van der Waals surface area contributed by atoms with Crippen molar-refractivity contribution in [1.82, 2.24) is 0 Å². The van der Waals surface area contributed by atoms with Crippen molar-refractivity contribution >= 4 is 19.7 Å². The van der Waals surface area contributed by atoms with Gasteiger partial charge in [0.05, 0.1) is 7.11 Å². The van der Waals surface area contributed by atoms with Crippen LogP contribution >= 0.6 is 0 Å². The first-order valence-electron chi connectivity index (χ1n) is 10.4. The summed E-state index contributed by atoms with van der Waals surface area (Å²) >= 11 is 0. The monoisotopic (exact) mass is 376 g/mol. The molecule has 27 heavy (non-hydrogen) atoms. The normalized spacial score (nSPS) is 12.0. The Balaban J connectivity index is 2.59. The molecule has 2 heteroatoms. The zero-order valence-electron chi connectivity index (χ0n) is 19.0. The van der Waals surface area contributed by atoms with Crippen molar-refractivity contribution in [2.45, 2.75) is 45.8 Å². The van der Waals surface area contributed by atoms with Gasteiger partial charge < -0.3 is 4.74 Å². The van der Waals surface area contributed by atoms with Gasteiger partial charge in [-0.3, -0.25) is 0 Å². The van der Waals surface area contributed by atoms with Gasteiger partial charge in [0, 0.05) is 13.9 Å². The molecule has 0 atom stereocenters. The zero-order chi connectivity index (χ0) is 21.5. The first-order valence-corrected chi connectivity index (χ1v) is 12.9. The number of allylic oxidation sites excluding steroid dienone is 1. The number of ether oxygens (including phenoxy) is 1. The highest BCUT2D eigenvalue weighted by Gasteiger charge is 2.08. The van der Waals surface area contributed by atoms with Crippen LogP contribution in [-0.2, 0) is 0 Å². The van der Waals surface area contributed by atoms with E-state index < -0.39 is 14.4 Å². The number of hydrogen-bond donors (Lipinski definition) is 0. The molecule has 0 unspecified atom stereocenters. The molecule has 0 fully saturated rings. The first-order chi connectivity index (χ1) is 13.7. The molecule has 0 heterocycles. The van der Waals surface area contributed by atoms with Gasteiger partial charge in [-0.05, 0) is 48.2 Å². The molecule has 140 valence electrons. The molecular formula is C25H30OSi. The van der Waals surface area contributed by atoms with Crippen LogP contribution in [0.4, 0.5) is 0 Å². The fourth-order valence-electron chi connectivity index (χ4n) is 2.39. The van der Waals surface area contributed by atoms with Gasteiger partial charge in [-0.25, -0.2) is 0 Å². The van der Waals surface area contributed by atoms with Gasteiger partial charge in [0.15, 0.2) is 0 Å². The van der Waals surface area contributed by atoms with E-state index in [1.807, 2.05) is 61.5 Å². The summed E-state index contributed by atoms with van der Waals surface area (Å²) in [5.74, 6) is 4.07. The van der Waals surface area contributed by atoms with E-state index in [1.54, 1.807) is 7.11 Å². The second kappa shape index (κ2) is 10.0. The van der Waals surface area contributed by atoms with Crippen molar-refractivity contribution in [3.63, 3.8) is 0 Å². The molecule has 0 amide bonds. The van der Waals surface area contributed by atoms with E-state index in [9.17, 15) is 0 Å². The van der Waals surface area contributed by atoms with Gasteiger partial charge in [0.1, 0.15) is 13.8 Å². The summed E-state index contributed by atoms with van der Waals surface area (Å²) in [7, 11) is 0.143. The third kappa shape index (κ3) is 6.98. The lowest BCUT2D eigenvalue weighted by molar-refractivity contribution is 0.415. The maximum atomic E-state index is 8.60. The van der Waals surface area contributed by atoms with Crippen molar-refractivity contribution in [1.29, 1.82) is 0 Å². The quantitative estimate of drug-likeness (QED) is 0.306. The predicted octanol–water partition coefficient (Wildman–Crippen LogP) is 6.81. The van der Waals surface area contributed by atoms with Gasteiger partial charge >= 0.3 is 0 Å². The van der Waals surface area contributed by atoms with Crippen LogP contribution in [-0.4, -0.2) is 15.2 Å². The van der Waals surface area contributed by atoms with Crippen LogP contribution in [0.15, 0.2) is 54.3 Å². The van der Waals surface area contributed by atoms with Crippen LogP contribution in [0.5, 0.6) is 5.75 Å². The second-order valence-electron chi connectivity index (χ2n) is 7.41. The maximum Gasteiger partial charge on any atom is 0.129 e. The van der Waals surface area contributed by atoms with E-state index in [4.69, 9.17) is 7.48 Å². The SMILES string of the molecule is [2H]C([2H])(CCC)C(=C=Cc1ccccc1C#C[Si](C)(C)C)c1ccc(OC)cc1. The molecular weight excluding hydrogens is 344 g/mol. The maximum absolute atomic E-state index is 8.60. The van der Waals surface area contributed by atoms with E-state index in [1.165, 1.54) is 0 Å². The standard InChI is InChI=1S/C25H30OSi/c1-6-7-10-21(24-15-17-25(26-2)18-16-24)13-14-22-11-8-9-12-23(22)19-20-27(3,4)5/h8-9,11-12,14-18H,6-7,10H2,1-5H3/i10D2. The summed E-state index contributed by atoms with van der Waals surface area (Å²) in [5.41, 5.74) is 9.95. The number of methoxy groups -OCH3 is 1. The number of rotatable bonds is 6. The lowest BCUT2D eigenvalue weighted by Crippen LogP contribution is -2.16. The molecule has 0 saturated carbocycles. The summed E-state index contributed by atoms with van der Waals surface area (Å²) < 4.78 is 22.4. The molecule has 0 aliphatic rings. The highest BCUT2D eigenvalue weighted by atomic mass is 28.3. The largest absolute Gasteiger partial charge is 0.497 e. The minimum absolute atomic E-state index is 0.437. The molecule has 0 aliphatic carbocycles. The summed E-state index contributed by atoms with van der Waals surface area (Å²) in [6, 6.07) is 15.4. The Morgan fingerprint density at radius 2 is 1.81 bits per heavy atom. The summed E-state index contributed by atoms with van der Waals surface area (Å²) in [6.45, 7) is 8.66. The van der Waals surface area contributed by atoms with Crippen LogP contribution in [0, 0.1) is 11.5 Å². The molecule has 2 aromatic carbocycles. The first kappa shape index (κ1) is 17.9. The lowest BCUT2D eigenvalue weighted by atomic mass is 10.00. The highest BCUT2D eigenvalue weighted by molar-refractivity contribution is 6.83. The Morgan fingerprint density at radius 1 is 1.11 bits per heavy atom. The summed E-state index contributed by atoms with van der Waals surface area (Å²) in [5, 5.41) is 0.